The summed E-state index contributed by atoms with van der Waals surface area (Å²) in [5.74, 6) is 0. The molecule has 1 aromatic rings. The van der Waals surface area contributed by atoms with E-state index in [1.807, 2.05) is 0 Å². The second-order valence-corrected chi connectivity index (χ2v) is 3.95. The molecule has 1 aliphatic rings. The van der Waals surface area contributed by atoms with Gasteiger partial charge in [-0.2, -0.15) is 0 Å². The monoisotopic (exact) mass is 190 g/mol. The van der Waals surface area contributed by atoms with E-state index in [2.05, 4.69) is 38.4 Å². The zero-order valence-electron chi connectivity index (χ0n) is 7.74. The van der Waals surface area contributed by atoms with Gasteiger partial charge in [0.1, 0.15) is 0 Å². The number of hydrogen-bond acceptors (Lipinski definition) is 1. The summed E-state index contributed by atoms with van der Waals surface area (Å²) in [6.45, 7) is 2.46. The smallest absolute Gasteiger partial charge is 0.0366 e. The molecule has 0 N–H and O–H groups in total. The molecule has 1 fully saturated rings. The van der Waals surface area contributed by atoms with Crippen LogP contribution >= 0.6 is 9.24 Å². The van der Waals surface area contributed by atoms with Gasteiger partial charge in [-0.25, -0.2) is 0 Å². The Hall–Kier alpha value is -0.485. The average Bonchev–Trinajstić information content (AvgIpc) is 2.58. The van der Waals surface area contributed by atoms with E-state index in [9.17, 15) is 0 Å². The molecule has 0 aliphatic carbocycles. The number of nitrogens with zero attached hydrogens (tertiary/aromatic N) is 1. The van der Waals surface area contributed by atoms with Crippen molar-refractivity contribution in [3.63, 3.8) is 0 Å². The van der Waals surface area contributed by atoms with E-state index in [4.69, 9.17) is 0 Å². The molecule has 1 atom stereocenters. The first-order valence-electron chi connectivity index (χ1n) is 4.47. The summed E-state index contributed by atoms with van der Waals surface area (Å²) in [4.78, 5) is 2.45. The minimum absolute atomic E-state index is 0. The van der Waals surface area contributed by atoms with Gasteiger partial charge < -0.3 is 4.90 Å². The number of rotatable bonds is 1. The molecule has 1 aliphatic heterocycles. The van der Waals surface area contributed by atoms with E-state index >= 15 is 0 Å². The quantitative estimate of drug-likeness (QED) is 0.478. The lowest BCUT2D eigenvalue weighted by Crippen LogP contribution is -2.17. The summed E-state index contributed by atoms with van der Waals surface area (Å²) in [7, 11) is 2.71. The molecular formula is C10H14BNP. The topological polar surface area (TPSA) is 3.24 Å². The van der Waals surface area contributed by atoms with E-state index in [0.29, 0.717) is 0 Å². The Labute approximate surface area is 84.3 Å². The Bertz CT molecular complexity index is 254. The highest BCUT2D eigenvalue weighted by Crippen LogP contribution is 2.18. The standard InChI is InChI=1S/C10H14NP.B/c12-10-5-3-9(4-6-10)11-7-1-2-8-11;/h3-6H,1-2,7-8,12H2;. The first kappa shape index (κ1) is 10.6. The molecule has 0 bridgehead atoms. The normalized spacial score (nSPS) is 15.6. The summed E-state index contributed by atoms with van der Waals surface area (Å²) >= 11 is 0. The maximum atomic E-state index is 2.71. The summed E-state index contributed by atoms with van der Waals surface area (Å²) < 4.78 is 0. The molecule has 3 radical (unpaired) electrons. The highest BCUT2D eigenvalue weighted by atomic mass is 31.0. The molecule has 0 spiro atoms. The van der Waals surface area contributed by atoms with Crippen LogP contribution in [0.4, 0.5) is 5.69 Å². The fourth-order valence-corrected chi connectivity index (χ4v) is 1.85. The van der Waals surface area contributed by atoms with Crippen molar-refractivity contribution in [3.05, 3.63) is 24.3 Å². The van der Waals surface area contributed by atoms with Crippen LogP contribution in [0.25, 0.3) is 0 Å². The van der Waals surface area contributed by atoms with Gasteiger partial charge in [0.2, 0.25) is 0 Å². The fourth-order valence-electron chi connectivity index (χ4n) is 1.66. The largest absolute Gasteiger partial charge is 0.372 e. The van der Waals surface area contributed by atoms with Crippen molar-refractivity contribution in [1.29, 1.82) is 0 Å². The third-order valence-electron chi connectivity index (χ3n) is 2.36. The molecule has 1 aromatic carbocycles. The maximum absolute atomic E-state index is 2.71. The molecule has 1 heterocycles. The lowest BCUT2D eigenvalue weighted by Gasteiger charge is -2.17. The third kappa shape index (κ3) is 2.48. The van der Waals surface area contributed by atoms with Crippen LogP contribution < -0.4 is 10.2 Å². The molecule has 0 saturated carbocycles. The van der Waals surface area contributed by atoms with E-state index in [0.717, 1.165) is 0 Å². The van der Waals surface area contributed by atoms with E-state index in [-0.39, 0.29) is 8.41 Å². The zero-order chi connectivity index (χ0) is 8.39. The lowest BCUT2D eigenvalue weighted by atomic mass is 10.3. The second-order valence-electron chi connectivity index (χ2n) is 3.29. The van der Waals surface area contributed by atoms with Crippen molar-refractivity contribution in [3.8, 4) is 0 Å². The van der Waals surface area contributed by atoms with Gasteiger partial charge in [0.05, 0.1) is 0 Å². The van der Waals surface area contributed by atoms with Gasteiger partial charge in [0.15, 0.2) is 0 Å². The van der Waals surface area contributed by atoms with Gasteiger partial charge in [-0.1, -0.05) is 12.1 Å². The summed E-state index contributed by atoms with van der Waals surface area (Å²) in [5.41, 5.74) is 1.37. The molecular weight excluding hydrogens is 176 g/mol. The van der Waals surface area contributed by atoms with Crippen molar-refractivity contribution in [2.24, 2.45) is 0 Å². The van der Waals surface area contributed by atoms with Crippen LogP contribution in [0, 0.1) is 0 Å². The Kier molecular flexibility index (Phi) is 3.80. The maximum Gasteiger partial charge on any atom is 0.0366 e. The molecule has 2 rings (SSSR count). The van der Waals surface area contributed by atoms with Crippen molar-refractivity contribution in [2.45, 2.75) is 12.8 Å². The molecule has 67 valence electrons. The number of benzene rings is 1. The molecule has 13 heavy (non-hydrogen) atoms. The highest BCUT2D eigenvalue weighted by molar-refractivity contribution is 7.27. The van der Waals surface area contributed by atoms with Gasteiger partial charge in [-0.3, -0.25) is 0 Å². The summed E-state index contributed by atoms with van der Waals surface area (Å²) in [6.07, 6.45) is 2.70. The average molecular weight is 190 g/mol. The van der Waals surface area contributed by atoms with Crippen LogP contribution in [0.2, 0.25) is 0 Å². The minimum Gasteiger partial charge on any atom is -0.372 e. The Morgan fingerprint density at radius 2 is 1.54 bits per heavy atom. The lowest BCUT2D eigenvalue weighted by molar-refractivity contribution is 0.949. The summed E-state index contributed by atoms with van der Waals surface area (Å²) in [5, 5.41) is 1.26. The molecule has 1 unspecified atom stereocenters. The van der Waals surface area contributed by atoms with Crippen molar-refractivity contribution in [2.75, 3.05) is 18.0 Å². The van der Waals surface area contributed by atoms with Gasteiger partial charge in [-0.15, -0.1) is 9.24 Å². The van der Waals surface area contributed by atoms with Crippen molar-refractivity contribution in [1.82, 2.24) is 0 Å². The molecule has 0 amide bonds. The third-order valence-corrected chi connectivity index (χ3v) is 2.75. The SMILES string of the molecule is Pc1ccc(N2CCCC2)cc1.[B]. The Balaban J connectivity index is 0.000000845. The van der Waals surface area contributed by atoms with Crippen molar-refractivity contribution >= 4 is 28.6 Å². The fraction of sp³-hybridized carbons (Fsp3) is 0.400. The van der Waals surface area contributed by atoms with Crippen LogP contribution in [0.5, 0.6) is 0 Å². The Morgan fingerprint density at radius 3 is 2.08 bits per heavy atom. The van der Waals surface area contributed by atoms with Gasteiger partial charge >= 0.3 is 0 Å². The minimum atomic E-state index is 0. The van der Waals surface area contributed by atoms with E-state index in [1.165, 1.54) is 36.9 Å². The van der Waals surface area contributed by atoms with Crippen LogP contribution in [-0.2, 0) is 0 Å². The van der Waals surface area contributed by atoms with Gasteiger partial charge in [0, 0.05) is 27.2 Å². The number of hydrogen-bond donors (Lipinski definition) is 0. The van der Waals surface area contributed by atoms with Crippen molar-refractivity contribution < 1.29 is 0 Å². The van der Waals surface area contributed by atoms with Crippen LogP contribution in [0.3, 0.4) is 0 Å². The van der Waals surface area contributed by atoms with Crippen LogP contribution in [0.1, 0.15) is 12.8 Å². The van der Waals surface area contributed by atoms with Gasteiger partial charge in [-0.05, 0) is 30.3 Å². The van der Waals surface area contributed by atoms with Crippen LogP contribution in [0.15, 0.2) is 24.3 Å². The predicted molar refractivity (Wildman–Crippen MR) is 63.0 cm³/mol. The summed E-state index contributed by atoms with van der Waals surface area (Å²) in [6, 6.07) is 8.71. The predicted octanol–water partition coefficient (Wildman–Crippen LogP) is 1.41. The molecule has 1 nitrogen and oxygen atoms in total. The molecule has 1 saturated heterocycles. The molecule has 3 heteroatoms. The molecule has 0 aromatic heterocycles. The van der Waals surface area contributed by atoms with E-state index < -0.39 is 0 Å². The Morgan fingerprint density at radius 1 is 1.00 bits per heavy atom. The van der Waals surface area contributed by atoms with Gasteiger partial charge in [0.25, 0.3) is 0 Å². The first-order chi connectivity index (χ1) is 5.86. The first-order valence-corrected chi connectivity index (χ1v) is 5.04. The van der Waals surface area contributed by atoms with Crippen LogP contribution in [-0.4, -0.2) is 21.5 Å². The number of anilines is 1. The highest BCUT2D eigenvalue weighted by Gasteiger charge is 2.10. The zero-order valence-corrected chi connectivity index (χ0v) is 8.89. The second kappa shape index (κ2) is 4.67. The van der Waals surface area contributed by atoms with E-state index in [1.54, 1.807) is 0 Å².